The quantitative estimate of drug-likeness (QED) is 0.572. The van der Waals surface area contributed by atoms with Crippen molar-refractivity contribution in [2.75, 3.05) is 12.0 Å². The van der Waals surface area contributed by atoms with Gasteiger partial charge in [0.1, 0.15) is 6.04 Å². The van der Waals surface area contributed by atoms with E-state index in [0.717, 1.165) is 22.9 Å². The first kappa shape index (κ1) is 26.0. The molecule has 0 saturated heterocycles. The molecule has 160 valence electrons. The molecule has 10 radical (unpaired) electrons. The third-order valence-electron chi connectivity index (χ3n) is 4.47. The topological polar surface area (TPSA) is 67.2 Å². The SMILES string of the molecule is CSC[C@H](NCc1cn(-c2ccccc2)nc1[C]1[CH][CH][CH][CH]1)C(=O)O.[CH]1[CH][CH][CH][CH]1.[Fe+2]. The standard InChI is InChI=1S/C19H20N3O2S.C5H5.Fe/c1-25-13-17(19(23)24)20-11-15-12-22(16-9-3-2-4-10-16)21-18(15)14-7-5-6-8-14;1-2-4-5-3-1;/h2-10,12,17,20H,11,13H2,1H3,(H,23,24);1-5H;/q;;+2/t17-;;/m0../s1. The van der Waals surface area contributed by atoms with Crippen molar-refractivity contribution in [1.29, 1.82) is 0 Å². The fourth-order valence-electron chi connectivity index (χ4n) is 2.97. The molecule has 0 bridgehead atoms. The van der Waals surface area contributed by atoms with Crippen LogP contribution in [0.2, 0.25) is 0 Å². The largest absolute Gasteiger partial charge is 2.00 e. The molecular weight excluding hydrogens is 450 g/mol. The molecule has 1 atom stereocenters. The second-order valence-electron chi connectivity index (χ2n) is 6.65. The predicted molar refractivity (Wildman–Crippen MR) is 121 cm³/mol. The number of hydrogen-bond donors (Lipinski definition) is 2. The number of nitrogens with zero attached hydrogens (tertiary/aromatic N) is 2. The molecule has 0 unspecified atom stereocenters. The van der Waals surface area contributed by atoms with E-state index < -0.39 is 12.0 Å². The molecule has 1 heterocycles. The minimum atomic E-state index is -0.834. The number of benzene rings is 1. The molecule has 2 aliphatic rings. The summed E-state index contributed by atoms with van der Waals surface area (Å²) in [7, 11) is 0. The van der Waals surface area contributed by atoms with Gasteiger partial charge in [-0.2, -0.15) is 16.9 Å². The number of carboxylic acids is 1. The van der Waals surface area contributed by atoms with Crippen LogP contribution in [0.25, 0.3) is 5.69 Å². The maximum atomic E-state index is 11.4. The number of para-hydroxylation sites is 1. The second-order valence-corrected chi connectivity index (χ2v) is 7.56. The zero-order valence-corrected chi connectivity index (χ0v) is 19.1. The molecule has 1 aromatic carbocycles. The van der Waals surface area contributed by atoms with Gasteiger partial charge in [-0.1, -0.05) is 18.2 Å². The van der Waals surface area contributed by atoms with Crippen LogP contribution < -0.4 is 5.32 Å². The van der Waals surface area contributed by atoms with E-state index in [1.54, 1.807) is 0 Å². The summed E-state index contributed by atoms with van der Waals surface area (Å²) >= 11 is 1.51. The van der Waals surface area contributed by atoms with E-state index >= 15 is 0 Å². The summed E-state index contributed by atoms with van der Waals surface area (Å²) in [5.41, 5.74) is 2.82. The van der Waals surface area contributed by atoms with Gasteiger partial charge in [0, 0.05) is 30.0 Å². The van der Waals surface area contributed by atoms with Crippen molar-refractivity contribution in [3.63, 3.8) is 0 Å². The Kier molecular flexibility index (Phi) is 11.7. The first-order chi connectivity index (χ1) is 14.7. The molecular formula is C24H25FeN3O2S+2. The first-order valence-corrected chi connectivity index (χ1v) is 11.1. The fraction of sp³-hybridized carbons (Fsp3) is 0.167. The van der Waals surface area contributed by atoms with E-state index in [9.17, 15) is 9.90 Å². The molecule has 2 N–H and O–H groups in total. The average molecular weight is 475 g/mol. The number of thioether (sulfide) groups is 1. The maximum absolute atomic E-state index is 11.4. The summed E-state index contributed by atoms with van der Waals surface area (Å²) in [6.07, 6.45) is 21.8. The van der Waals surface area contributed by atoms with Crippen molar-refractivity contribution in [2.24, 2.45) is 0 Å². The zero-order chi connectivity index (χ0) is 21.2. The smallest absolute Gasteiger partial charge is 0.480 e. The summed E-state index contributed by atoms with van der Waals surface area (Å²) in [5, 5.41) is 17.2. The first-order valence-electron chi connectivity index (χ1n) is 9.67. The maximum Gasteiger partial charge on any atom is 2.00 e. The van der Waals surface area contributed by atoms with Gasteiger partial charge in [-0.3, -0.25) is 10.1 Å². The van der Waals surface area contributed by atoms with Crippen molar-refractivity contribution in [1.82, 2.24) is 15.1 Å². The van der Waals surface area contributed by atoms with Gasteiger partial charge in [0.05, 0.1) is 11.4 Å². The van der Waals surface area contributed by atoms with E-state index in [1.165, 1.54) is 11.8 Å². The van der Waals surface area contributed by atoms with E-state index in [-0.39, 0.29) is 17.1 Å². The van der Waals surface area contributed by atoms with E-state index in [0.29, 0.717) is 12.3 Å². The Labute approximate surface area is 201 Å². The van der Waals surface area contributed by atoms with Crippen molar-refractivity contribution in [3.05, 3.63) is 111 Å². The van der Waals surface area contributed by atoms with Crippen molar-refractivity contribution >= 4 is 17.7 Å². The molecule has 0 spiro atoms. The van der Waals surface area contributed by atoms with Crippen LogP contribution in [0.5, 0.6) is 0 Å². The summed E-state index contributed by atoms with van der Waals surface area (Å²) < 4.78 is 1.84. The Morgan fingerprint density at radius 2 is 1.68 bits per heavy atom. The van der Waals surface area contributed by atoms with Crippen molar-refractivity contribution < 1.29 is 27.0 Å². The molecule has 0 aliphatic heterocycles. The molecule has 7 heteroatoms. The van der Waals surface area contributed by atoms with Crippen LogP contribution in [0.3, 0.4) is 0 Å². The van der Waals surface area contributed by atoms with Crippen LogP contribution in [-0.4, -0.2) is 38.9 Å². The fourth-order valence-corrected chi connectivity index (χ4v) is 3.56. The molecule has 1 aromatic heterocycles. The Bertz CT molecular complexity index is 767. The molecule has 2 aliphatic carbocycles. The minimum absolute atomic E-state index is 0. The molecule has 2 saturated carbocycles. The Morgan fingerprint density at radius 1 is 1.06 bits per heavy atom. The van der Waals surface area contributed by atoms with Crippen LogP contribution >= 0.6 is 11.8 Å². The molecule has 2 fully saturated rings. The Balaban J connectivity index is 0.000000501. The number of aliphatic carboxylic acids is 1. The Hall–Kier alpha value is -1.27. The summed E-state index contributed by atoms with van der Waals surface area (Å²) in [5.74, 6) is 0.719. The molecule has 4 rings (SSSR count). The number of hydrogen-bond acceptors (Lipinski definition) is 4. The molecule has 5 nitrogen and oxygen atoms in total. The average Bonchev–Trinajstić information content (AvgIpc) is 3.54. The summed E-state index contributed by atoms with van der Waals surface area (Å²) in [4.78, 5) is 11.4. The van der Waals surface area contributed by atoms with Gasteiger partial charge in [0.15, 0.2) is 0 Å². The van der Waals surface area contributed by atoms with Crippen LogP contribution in [0.4, 0.5) is 0 Å². The van der Waals surface area contributed by atoms with Gasteiger partial charge in [-0.15, -0.1) is 0 Å². The number of aromatic nitrogens is 2. The number of rotatable bonds is 8. The molecule has 2 aromatic rings. The van der Waals surface area contributed by atoms with Crippen molar-refractivity contribution in [2.45, 2.75) is 12.6 Å². The second kappa shape index (κ2) is 14.0. The number of carboxylic acid groups (broad SMARTS) is 1. The molecule has 0 amide bonds. The normalized spacial score (nSPS) is 16.9. The monoisotopic (exact) mass is 475 g/mol. The van der Waals surface area contributed by atoms with E-state index in [1.807, 2.05) is 105 Å². The van der Waals surface area contributed by atoms with Gasteiger partial charge in [0.2, 0.25) is 0 Å². The zero-order valence-electron chi connectivity index (χ0n) is 17.2. The Morgan fingerprint density at radius 3 is 2.23 bits per heavy atom. The molecule has 31 heavy (non-hydrogen) atoms. The van der Waals surface area contributed by atoms with Crippen LogP contribution in [0, 0.1) is 63.7 Å². The van der Waals surface area contributed by atoms with E-state index in [4.69, 9.17) is 5.10 Å². The van der Waals surface area contributed by atoms with Crippen molar-refractivity contribution in [3.8, 4) is 5.69 Å². The number of carbonyl (C=O) groups is 1. The predicted octanol–water partition coefficient (Wildman–Crippen LogP) is 3.55. The van der Waals surface area contributed by atoms with Gasteiger partial charge >= 0.3 is 23.0 Å². The third kappa shape index (κ3) is 7.98. The van der Waals surface area contributed by atoms with Crippen LogP contribution in [-0.2, 0) is 28.4 Å². The van der Waals surface area contributed by atoms with Crippen LogP contribution in [0.15, 0.2) is 36.5 Å². The minimum Gasteiger partial charge on any atom is -0.480 e. The van der Waals surface area contributed by atoms with Gasteiger partial charge in [-0.05, 0) is 76.2 Å². The number of nitrogens with one attached hydrogen (secondary N) is 1. The van der Waals surface area contributed by atoms with Gasteiger partial charge in [0.25, 0.3) is 0 Å². The van der Waals surface area contributed by atoms with Gasteiger partial charge in [-0.25, -0.2) is 4.68 Å². The van der Waals surface area contributed by atoms with Crippen LogP contribution in [0.1, 0.15) is 11.3 Å². The summed E-state index contributed by atoms with van der Waals surface area (Å²) in [6, 6.07) is 9.31. The summed E-state index contributed by atoms with van der Waals surface area (Å²) in [6.45, 7) is 0.449. The third-order valence-corrected chi connectivity index (χ3v) is 5.14. The van der Waals surface area contributed by atoms with E-state index in [2.05, 4.69) is 5.32 Å². The van der Waals surface area contributed by atoms with Gasteiger partial charge < -0.3 is 5.11 Å².